The third kappa shape index (κ3) is 3.87. The minimum Gasteiger partial charge on any atom is -0.291 e. The van der Waals surface area contributed by atoms with Crippen molar-refractivity contribution >= 4 is 49.6 Å². The smallest absolute Gasteiger partial charge is 0.291 e. The molecule has 2 N–H and O–H groups in total. The van der Waals surface area contributed by atoms with Crippen LogP contribution in [0.1, 0.15) is 16.1 Å². The Balaban J connectivity index is 2.05. The van der Waals surface area contributed by atoms with Gasteiger partial charge in [-0.25, -0.2) is 14.8 Å². The molecule has 1 aromatic carbocycles. The van der Waals surface area contributed by atoms with Crippen LogP contribution in [-0.4, -0.2) is 21.9 Å². The van der Waals surface area contributed by atoms with Crippen LogP contribution < -0.4 is 10.6 Å². The molecule has 1 aromatic heterocycles. The number of nitrogens with one attached hydrogen (secondary N) is 2. The van der Waals surface area contributed by atoms with Crippen LogP contribution in [0.2, 0.25) is 0 Å². The minimum atomic E-state index is -0.758. The number of nitrogens with zero attached hydrogens (tertiary/aromatic N) is 3. The summed E-state index contributed by atoms with van der Waals surface area (Å²) in [5.41, 5.74) is 0.419. The number of hydrogen-bond donors (Lipinski definition) is 2. The maximum atomic E-state index is 12.1. The zero-order chi connectivity index (χ0) is 16.1. The van der Waals surface area contributed by atoms with Crippen LogP contribution in [0.25, 0.3) is 0 Å². The van der Waals surface area contributed by atoms with Gasteiger partial charge in [0.2, 0.25) is 0 Å². The third-order valence-corrected chi connectivity index (χ3v) is 3.75. The van der Waals surface area contributed by atoms with Gasteiger partial charge in [0.1, 0.15) is 6.07 Å². The van der Waals surface area contributed by atoms with E-state index in [1.54, 1.807) is 18.2 Å². The van der Waals surface area contributed by atoms with Crippen LogP contribution in [0.4, 0.5) is 10.6 Å². The van der Waals surface area contributed by atoms with E-state index in [1.165, 1.54) is 12.4 Å². The molecule has 0 aliphatic heterocycles. The Morgan fingerprint density at radius 3 is 2.36 bits per heavy atom. The van der Waals surface area contributed by atoms with E-state index in [9.17, 15) is 9.59 Å². The molecule has 7 nitrogen and oxygen atoms in total. The van der Waals surface area contributed by atoms with Gasteiger partial charge in [0.15, 0.2) is 11.5 Å². The molecule has 0 fully saturated rings. The molecule has 0 aliphatic carbocycles. The summed E-state index contributed by atoms with van der Waals surface area (Å²) in [6.45, 7) is 0. The van der Waals surface area contributed by atoms with Crippen molar-refractivity contribution in [2.75, 3.05) is 5.32 Å². The molecule has 0 saturated carbocycles. The van der Waals surface area contributed by atoms with E-state index in [0.29, 0.717) is 14.5 Å². The number of urea groups is 1. The highest BCUT2D eigenvalue weighted by molar-refractivity contribution is 9.11. The van der Waals surface area contributed by atoms with Crippen molar-refractivity contribution in [1.82, 2.24) is 15.3 Å². The maximum Gasteiger partial charge on any atom is 0.327 e. The summed E-state index contributed by atoms with van der Waals surface area (Å²) >= 11 is 6.49. The first kappa shape index (κ1) is 16.1. The van der Waals surface area contributed by atoms with Crippen LogP contribution in [0.5, 0.6) is 0 Å². The summed E-state index contributed by atoms with van der Waals surface area (Å²) in [5.74, 6) is -0.464. The first-order valence-electron chi connectivity index (χ1n) is 5.79. The van der Waals surface area contributed by atoms with Gasteiger partial charge in [0.25, 0.3) is 5.91 Å². The lowest BCUT2D eigenvalue weighted by Crippen LogP contribution is -2.35. The van der Waals surface area contributed by atoms with E-state index >= 15 is 0 Å². The summed E-state index contributed by atoms with van der Waals surface area (Å²) in [6.07, 6.45) is 2.43. The molecular formula is C13H7Br2N5O2. The Hall–Kier alpha value is -2.31. The Kier molecular flexibility index (Phi) is 5.19. The Morgan fingerprint density at radius 2 is 1.82 bits per heavy atom. The summed E-state index contributed by atoms with van der Waals surface area (Å²) in [4.78, 5) is 31.4. The number of amides is 3. The fraction of sp³-hybridized carbons (Fsp3) is 0. The molecule has 110 valence electrons. The summed E-state index contributed by atoms with van der Waals surface area (Å²) < 4.78 is 1.09. The molecule has 2 rings (SSSR count). The second kappa shape index (κ2) is 7.11. The fourth-order valence-corrected chi connectivity index (χ4v) is 2.84. The highest BCUT2D eigenvalue weighted by Crippen LogP contribution is 2.24. The third-order valence-electron chi connectivity index (χ3n) is 2.42. The second-order valence-corrected chi connectivity index (χ2v) is 5.61. The number of imide groups is 1. The van der Waals surface area contributed by atoms with E-state index in [2.05, 4.69) is 52.5 Å². The largest absolute Gasteiger partial charge is 0.327 e. The van der Waals surface area contributed by atoms with Gasteiger partial charge in [-0.15, -0.1) is 0 Å². The van der Waals surface area contributed by atoms with Gasteiger partial charge >= 0.3 is 6.03 Å². The predicted molar refractivity (Wildman–Crippen MR) is 85.1 cm³/mol. The van der Waals surface area contributed by atoms with Crippen LogP contribution in [-0.2, 0) is 0 Å². The van der Waals surface area contributed by atoms with Gasteiger partial charge in [-0.2, -0.15) is 5.26 Å². The molecule has 3 amide bonds. The van der Waals surface area contributed by atoms with Crippen molar-refractivity contribution in [3.8, 4) is 6.07 Å². The molecule has 0 atom stereocenters. The highest BCUT2D eigenvalue weighted by atomic mass is 79.9. The average Bonchev–Trinajstić information content (AvgIpc) is 2.47. The van der Waals surface area contributed by atoms with Crippen LogP contribution in [0, 0.1) is 11.3 Å². The molecule has 0 saturated heterocycles. The van der Waals surface area contributed by atoms with Gasteiger partial charge in [0.05, 0.1) is 18.0 Å². The topological polar surface area (TPSA) is 108 Å². The molecule has 0 spiro atoms. The molecular weight excluding hydrogens is 418 g/mol. The van der Waals surface area contributed by atoms with Gasteiger partial charge in [0, 0.05) is 8.95 Å². The number of carbonyl (C=O) groups is 2. The lowest BCUT2D eigenvalue weighted by atomic mass is 10.2. The molecule has 22 heavy (non-hydrogen) atoms. The maximum absolute atomic E-state index is 12.1. The molecule has 1 heterocycles. The quantitative estimate of drug-likeness (QED) is 0.770. The SMILES string of the molecule is N#Cc1cnc(NC(=O)NC(=O)c2c(Br)cccc2Br)cn1. The average molecular weight is 425 g/mol. The summed E-state index contributed by atoms with van der Waals surface area (Å²) in [6, 6.07) is 6.17. The van der Waals surface area contributed by atoms with Gasteiger partial charge in [-0.3, -0.25) is 15.4 Å². The number of benzene rings is 1. The first-order valence-corrected chi connectivity index (χ1v) is 7.38. The summed E-state index contributed by atoms with van der Waals surface area (Å²) in [5, 5.41) is 13.1. The molecule has 0 aliphatic rings. The monoisotopic (exact) mass is 423 g/mol. The Bertz CT molecular complexity index is 751. The van der Waals surface area contributed by atoms with Gasteiger partial charge in [-0.05, 0) is 44.0 Å². The molecule has 2 aromatic rings. The van der Waals surface area contributed by atoms with Gasteiger partial charge in [-0.1, -0.05) is 6.07 Å². The first-order chi connectivity index (χ1) is 10.5. The van der Waals surface area contributed by atoms with Gasteiger partial charge < -0.3 is 0 Å². The van der Waals surface area contributed by atoms with Crippen molar-refractivity contribution in [3.05, 3.63) is 50.8 Å². The zero-order valence-corrected chi connectivity index (χ0v) is 14.0. The lowest BCUT2D eigenvalue weighted by molar-refractivity contribution is 0.0965. The lowest BCUT2D eigenvalue weighted by Gasteiger charge is -2.08. The minimum absolute atomic E-state index is 0.121. The summed E-state index contributed by atoms with van der Waals surface area (Å²) in [7, 11) is 0. The van der Waals surface area contributed by atoms with Crippen molar-refractivity contribution in [3.63, 3.8) is 0 Å². The van der Waals surface area contributed by atoms with E-state index in [4.69, 9.17) is 5.26 Å². The van der Waals surface area contributed by atoms with E-state index in [0.717, 1.165) is 0 Å². The van der Waals surface area contributed by atoms with Crippen LogP contribution in [0.15, 0.2) is 39.5 Å². The van der Waals surface area contributed by atoms with E-state index < -0.39 is 11.9 Å². The standard InChI is InChI=1S/C13H7Br2N5O2/c14-8-2-1-3-9(15)11(8)12(21)20-13(22)19-10-6-17-7(4-16)5-18-10/h1-3,5-6H,(H2,18,19,20,21,22). The van der Waals surface area contributed by atoms with E-state index in [-0.39, 0.29) is 11.5 Å². The second-order valence-electron chi connectivity index (χ2n) is 3.90. The predicted octanol–water partition coefficient (Wildman–Crippen LogP) is 2.84. The van der Waals surface area contributed by atoms with Crippen LogP contribution in [0.3, 0.4) is 0 Å². The van der Waals surface area contributed by atoms with E-state index in [1.807, 2.05) is 6.07 Å². The molecule has 0 radical (unpaired) electrons. The van der Waals surface area contributed by atoms with Crippen LogP contribution >= 0.6 is 31.9 Å². The number of rotatable bonds is 2. The Morgan fingerprint density at radius 1 is 1.14 bits per heavy atom. The number of aromatic nitrogens is 2. The number of carbonyl (C=O) groups excluding carboxylic acids is 2. The molecule has 0 unspecified atom stereocenters. The fourth-order valence-electron chi connectivity index (χ4n) is 1.48. The molecule has 0 bridgehead atoms. The highest BCUT2D eigenvalue weighted by Gasteiger charge is 2.16. The normalized spacial score (nSPS) is 9.68. The van der Waals surface area contributed by atoms with Crippen molar-refractivity contribution < 1.29 is 9.59 Å². The zero-order valence-electron chi connectivity index (χ0n) is 10.8. The molecule has 9 heteroatoms. The Labute approximate surface area is 142 Å². The van der Waals surface area contributed by atoms with Crippen molar-refractivity contribution in [2.45, 2.75) is 0 Å². The van der Waals surface area contributed by atoms with Crippen molar-refractivity contribution in [2.24, 2.45) is 0 Å². The number of anilines is 1. The van der Waals surface area contributed by atoms with Crippen molar-refractivity contribution in [1.29, 1.82) is 5.26 Å². The number of halogens is 2. The number of hydrogen-bond acceptors (Lipinski definition) is 5. The number of nitriles is 1.